The molecule has 0 aromatic heterocycles. The van der Waals surface area contributed by atoms with Crippen LogP contribution < -0.4 is 5.73 Å². The van der Waals surface area contributed by atoms with Gasteiger partial charge in [0, 0.05) is 18.3 Å². The maximum atomic E-state index is 13.1. The third kappa shape index (κ3) is 3.90. The van der Waals surface area contributed by atoms with Crippen LogP contribution in [0.1, 0.15) is 43.7 Å². The van der Waals surface area contributed by atoms with Crippen molar-refractivity contribution in [2.75, 3.05) is 12.8 Å². The average Bonchev–Trinajstić information content (AvgIpc) is 2.40. The molecule has 0 heterocycles. The molecular weight excluding hydrogens is 277 g/mol. The first-order valence-electron chi connectivity index (χ1n) is 7.45. The zero-order valence-corrected chi connectivity index (χ0v) is 12.6. The number of halogens is 3. The molecule has 1 aliphatic carbocycles. The number of nitrogen functional groups attached to an aromatic ring is 1. The molecule has 0 bridgehead atoms. The van der Waals surface area contributed by atoms with E-state index in [1.165, 1.54) is 12.5 Å². The van der Waals surface area contributed by atoms with Crippen LogP contribution in [0.3, 0.4) is 0 Å². The lowest BCUT2D eigenvalue weighted by Crippen LogP contribution is -2.38. The molecule has 1 aromatic carbocycles. The minimum Gasteiger partial charge on any atom is -0.399 e. The van der Waals surface area contributed by atoms with E-state index in [-0.39, 0.29) is 5.69 Å². The largest absolute Gasteiger partial charge is 0.416 e. The molecule has 118 valence electrons. The van der Waals surface area contributed by atoms with Gasteiger partial charge in [0.1, 0.15) is 0 Å². The van der Waals surface area contributed by atoms with Crippen LogP contribution in [0.2, 0.25) is 0 Å². The molecule has 0 spiro atoms. The molecule has 0 saturated heterocycles. The molecule has 0 amide bonds. The normalized spacial score (nSPS) is 23.5. The highest BCUT2D eigenvalue weighted by Gasteiger charge is 2.34. The summed E-state index contributed by atoms with van der Waals surface area (Å²) in [6.07, 6.45) is 0.245. The maximum Gasteiger partial charge on any atom is 0.416 e. The number of hydrogen-bond acceptors (Lipinski definition) is 2. The van der Waals surface area contributed by atoms with Crippen molar-refractivity contribution in [3.8, 4) is 0 Å². The Morgan fingerprint density at radius 1 is 1.24 bits per heavy atom. The van der Waals surface area contributed by atoms with Crippen molar-refractivity contribution in [1.29, 1.82) is 0 Å². The molecule has 2 unspecified atom stereocenters. The Bertz CT molecular complexity index is 485. The van der Waals surface area contributed by atoms with Gasteiger partial charge in [-0.1, -0.05) is 25.8 Å². The Kier molecular flexibility index (Phi) is 4.81. The summed E-state index contributed by atoms with van der Waals surface area (Å²) in [5.74, 6) is 0.534. The lowest BCUT2D eigenvalue weighted by atomic mass is 9.85. The van der Waals surface area contributed by atoms with Gasteiger partial charge in [-0.05, 0) is 43.5 Å². The van der Waals surface area contributed by atoms with E-state index in [0.717, 1.165) is 25.3 Å². The Balaban J connectivity index is 2.19. The summed E-state index contributed by atoms with van der Waals surface area (Å²) >= 11 is 0. The molecule has 1 fully saturated rings. The number of rotatable bonds is 3. The topological polar surface area (TPSA) is 29.3 Å². The first-order valence-corrected chi connectivity index (χ1v) is 7.45. The second kappa shape index (κ2) is 6.26. The van der Waals surface area contributed by atoms with Gasteiger partial charge in [0.25, 0.3) is 0 Å². The molecule has 21 heavy (non-hydrogen) atoms. The highest BCUT2D eigenvalue weighted by molar-refractivity contribution is 5.46. The number of nitrogens with two attached hydrogens (primary N) is 1. The summed E-state index contributed by atoms with van der Waals surface area (Å²) in [4.78, 5) is 2.06. The van der Waals surface area contributed by atoms with Gasteiger partial charge in [0.05, 0.1) is 5.56 Å². The predicted molar refractivity (Wildman–Crippen MR) is 78.7 cm³/mol. The minimum absolute atomic E-state index is 0.153. The third-order valence-electron chi connectivity index (χ3n) is 4.49. The summed E-state index contributed by atoms with van der Waals surface area (Å²) in [5, 5.41) is 0. The van der Waals surface area contributed by atoms with Gasteiger partial charge in [-0.15, -0.1) is 0 Å². The van der Waals surface area contributed by atoms with Crippen molar-refractivity contribution in [2.45, 2.75) is 51.4 Å². The highest BCUT2D eigenvalue weighted by atomic mass is 19.4. The molecular formula is C16H23F3N2. The molecule has 2 nitrogen and oxygen atoms in total. The van der Waals surface area contributed by atoms with Crippen LogP contribution in [0.4, 0.5) is 18.9 Å². The molecule has 0 aliphatic heterocycles. The molecule has 1 aliphatic rings. The van der Waals surface area contributed by atoms with E-state index in [0.29, 0.717) is 24.1 Å². The van der Waals surface area contributed by atoms with E-state index < -0.39 is 11.7 Å². The zero-order chi connectivity index (χ0) is 15.6. The highest BCUT2D eigenvalue weighted by Crippen LogP contribution is 2.35. The first kappa shape index (κ1) is 16.1. The van der Waals surface area contributed by atoms with Crippen LogP contribution in [0.25, 0.3) is 0 Å². The van der Waals surface area contributed by atoms with Gasteiger partial charge in [0.2, 0.25) is 0 Å². The second-order valence-corrected chi connectivity index (χ2v) is 6.16. The zero-order valence-electron chi connectivity index (χ0n) is 12.6. The second-order valence-electron chi connectivity index (χ2n) is 6.16. The van der Waals surface area contributed by atoms with E-state index in [4.69, 9.17) is 5.73 Å². The van der Waals surface area contributed by atoms with Crippen molar-refractivity contribution < 1.29 is 13.2 Å². The Labute approximate surface area is 124 Å². The SMILES string of the molecule is CC1CCCCC1N(C)Cc1ccc(N)cc1C(F)(F)F. The van der Waals surface area contributed by atoms with Crippen LogP contribution in [0.15, 0.2) is 18.2 Å². The van der Waals surface area contributed by atoms with Crippen LogP contribution in [0, 0.1) is 5.92 Å². The fourth-order valence-electron chi connectivity index (χ4n) is 3.33. The van der Waals surface area contributed by atoms with Crippen molar-refractivity contribution in [3.63, 3.8) is 0 Å². The average molecular weight is 300 g/mol. The van der Waals surface area contributed by atoms with E-state index in [1.54, 1.807) is 6.07 Å². The van der Waals surface area contributed by atoms with Gasteiger partial charge in [-0.25, -0.2) is 0 Å². The number of anilines is 1. The van der Waals surface area contributed by atoms with Crippen LogP contribution in [-0.4, -0.2) is 18.0 Å². The van der Waals surface area contributed by atoms with E-state index in [2.05, 4.69) is 11.8 Å². The Morgan fingerprint density at radius 2 is 1.90 bits per heavy atom. The maximum absolute atomic E-state index is 13.1. The minimum atomic E-state index is -4.36. The molecule has 2 N–H and O–H groups in total. The fraction of sp³-hybridized carbons (Fsp3) is 0.625. The number of benzene rings is 1. The summed E-state index contributed by atoms with van der Waals surface area (Å²) in [6, 6.07) is 4.44. The Morgan fingerprint density at radius 3 is 2.52 bits per heavy atom. The van der Waals surface area contributed by atoms with Gasteiger partial charge in [0.15, 0.2) is 0 Å². The van der Waals surface area contributed by atoms with Crippen LogP contribution >= 0.6 is 0 Å². The summed E-state index contributed by atoms with van der Waals surface area (Å²) in [5.41, 5.74) is 5.35. The summed E-state index contributed by atoms with van der Waals surface area (Å²) in [6.45, 7) is 2.50. The lowest BCUT2D eigenvalue weighted by molar-refractivity contribution is -0.138. The molecule has 5 heteroatoms. The van der Waals surface area contributed by atoms with Crippen molar-refractivity contribution in [1.82, 2.24) is 4.90 Å². The summed E-state index contributed by atoms with van der Waals surface area (Å²) in [7, 11) is 1.92. The van der Waals surface area contributed by atoms with Gasteiger partial charge < -0.3 is 5.73 Å². The third-order valence-corrected chi connectivity index (χ3v) is 4.49. The van der Waals surface area contributed by atoms with E-state index >= 15 is 0 Å². The standard InChI is InChI=1S/C16H23F3N2/c1-11-5-3-4-6-15(11)21(2)10-12-7-8-13(20)9-14(12)16(17,18)19/h7-9,11,15H,3-6,10,20H2,1-2H3. The van der Waals surface area contributed by atoms with Crippen LogP contribution in [0.5, 0.6) is 0 Å². The fourth-order valence-corrected chi connectivity index (χ4v) is 3.33. The predicted octanol–water partition coefficient (Wildman–Crippen LogP) is 4.30. The molecule has 1 aromatic rings. The monoisotopic (exact) mass is 300 g/mol. The number of hydrogen-bond donors (Lipinski definition) is 1. The quantitative estimate of drug-likeness (QED) is 0.843. The molecule has 2 atom stereocenters. The van der Waals surface area contributed by atoms with Gasteiger partial charge in [-0.3, -0.25) is 4.90 Å². The summed E-state index contributed by atoms with van der Waals surface area (Å²) < 4.78 is 39.4. The van der Waals surface area contributed by atoms with Crippen molar-refractivity contribution in [3.05, 3.63) is 29.3 Å². The Hall–Kier alpha value is -1.23. The van der Waals surface area contributed by atoms with E-state index in [1.807, 2.05) is 7.05 Å². The number of alkyl halides is 3. The molecule has 2 rings (SSSR count). The van der Waals surface area contributed by atoms with Crippen molar-refractivity contribution >= 4 is 5.69 Å². The molecule has 0 radical (unpaired) electrons. The van der Waals surface area contributed by atoms with E-state index in [9.17, 15) is 13.2 Å². The number of nitrogens with zero attached hydrogens (tertiary/aromatic N) is 1. The van der Waals surface area contributed by atoms with Gasteiger partial charge >= 0.3 is 6.18 Å². The van der Waals surface area contributed by atoms with Crippen LogP contribution in [-0.2, 0) is 12.7 Å². The smallest absolute Gasteiger partial charge is 0.399 e. The lowest BCUT2D eigenvalue weighted by Gasteiger charge is -2.36. The first-order chi connectivity index (χ1) is 9.79. The molecule has 1 saturated carbocycles. The van der Waals surface area contributed by atoms with Gasteiger partial charge in [-0.2, -0.15) is 13.2 Å². The van der Waals surface area contributed by atoms with Crippen molar-refractivity contribution in [2.24, 2.45) is 5.92 Å².